The summed E-state index contributed by atoms with van der Waals surface area (Å²) in [5.74, 6) is 0.334. The number of sulfonamides is 1. The van der Waals surface area contributed by atoms with Crippen molar-refractivity contribution in [2.45, 2.75) is 17.9 Å². The number of nitrogens with one attached hydrogen (secondary N) is 2. The van der Waals surface area contributed by atoms with Crippen molar-refractivity contribution in [2.24, 2.45) is 13.0 Å². The van der Waals surface area contributed by atoms with Crippen LogP contribution in [0, 0.1) is 5.92 Å². The molecule has 2 rings (SSSR count). The van der Waals surface area contributed by atoms with Crippen molar-refractivity contribution in [3.8, 4) is 0 Å². The molecule has 1 atom stereocenters. The number of nitrogens with zero attached hydrogens (tertiary/aromatic N) is 2. The third-order valence-electron chi connectivity index (χ3n) is 3.06. The van der Waals surface area contributed by atoms with E-state index in [1.165, 1.54) is 10.9 Å². The smallest absolute Gasteiger partial charge is 0.259 e. The first-order chi connectivity index (χ1) is 8.50. The summed E-state index contributed by atoms with van der Waals surface area (Å²) < 4.78 is 28.1. The van der Waals surface area contributed by atoms with Gasteiger partial charge in [0.25, 0.3) is 10.0 Å². The molecule has 2 N–H and O–H groups in total. The average molecular weight is 293 g/mol. The van der Waals surface area contributed by atoms with E-state index in [2.05, 4.69) is 15.1 Å². The van der Waals surface area contributed by atoms with Gasteiger partial charge in [-0.1, -0.05) is 11.6 Å². The minimum Gasteiger partial charge on any atom is -0.316 e. The third kappa shape index (κ3) is 3.03. The molecule has 18 heavy (non-hydrogen) atoms. The minimum atomic E-state index is -3.59. The standard InChI is InChI=1S/C10H17ClN4O2S/c1-15-10(9(11)7-13-15)18(16,17)14-6-8-3-2-4-12-5-8/h7-8,12,14H,2-6H2,1H3. The van der Waals surface area contributed by atoms with Gasteiger partial charge in [0, 0.05) is 13.6 Å². The van der Waals surface area contributed by atoms with Gasteiger partial charge >= 0.3 is 0 Å². The number of hydrogen-bond donors (Lipinski definition) is 2. The van der Waals surface area contributed by atoms with Gasteiger partial charge in [0.1, 0.15) is 0 Å². The molecule has 0 aliphatic carbocycles. The second-order valence-corrected chi connectivity index (χ2v) is 6.57. The van der Waals surface area contributed by atoms with E-state index in [4.69, 9.17) is 11.6 Å². The van der Waals surface area contributed by atoms with Crippen molar-refractivity contribution in [1.29, 1.82) is 0 Å². The second kappa shape index (κ2) is 5.56. The number of halogens is 1. The fourth-order valence-corrected chi connectivity index (χ4v) is 3.86. The molecular formula is C10H17ClN4O2S. The molecule has 8 heteroatoms. The lowest BCUT2D eigenvalue weighted by Crippen LogP contribution is -2.38. The number of rotatable bonds is 4. The fraction of sp³-hybridized carbons (Fsp3) is 0.700. The van der Waals surface area contributed by atoms with Crippen LogP contribution in [0.5, 0.6) is 0 Å². The number of aryl methyl sites for hydroxylation is 1. The van der Waals surface area contributed by atoms with Crippen molar-refractivity contribution in [2.75, 3.05) is 19.6 Å². The minimum absolute atomic E-state index is 0.0212. The van der Waals surface area contributed by atoms with Crippen molar-refractivity contribution in [3.05, 3.63) is 11.2 Å². The molecule has 1 aliphatic heterocycles. The second-order valence-electron chi connectivity index (χ2n) is 4.49. The van der Waals surface area contributed by atoms with Crippen LogP contribution < -0.4 is 10.0 Å². The van der Waals surface area contributed by atoms with Crippen molar-refractivity contribution < 1.29 is 8.42 Å². The average Bonchev–Trinajstić information content (AvgIpc) is 2.69. The molecule has 2 heterocycles. The molecule has 102 valence electrons. The third-order valence-corrected chi connectivity index (χ3v) is 4.99. The van der Waals surface area contributed by atoms with Crippen LogP contribution >= 0.6 is 11.6 Å². The van der Waals surface area contributed by atoms with Crippen LogP contribution in [0.1, 0.15) is 12.8 Å². The summed E-state index contributed by atoms with van der Waals surface area (Å²) in [7, 11) is -2.03. The Morgan fingerprint density at radius 3 is 3.00 bits per heavy atom. The maximum Gasteiger partial charge on any atom is 0.259 e. The zero-order valence-electron chi connectivity index (χ0n) is 10.2. The van der Waals surface area contributed by atoms with Crippen LogP contribution in [0.4, 0.5) is 0 Å². The Bertz CT molecular complexity index is 488. The molecule has 6 nitrogen and oxygen atoms in total. The first-order valence-electron chi connectivity index (χ1n) is 5.88. The zero-order valence-corrected chi connectivity index (χ0v) is 11.8. The van der Waals surface area contributed by atoms with Gasteiger partial charge in [-0.2, -0.15) is 5.10 Å². The van der Waals surface area contributed by atoms with E-state index in [9.17, 15) is 8.42 Å². The van der Waals surface area contributed by atoms with Gasteiger partial charge in [-0.15, -0.1) is 0 Å². The lowest BCUT2D eigenvalue weighted by Gasteiger charge is -2.22. The monoisotopic (exact) mass is 292 g/mol. The zero-order chi connectivity index (χ0) is 13.2. The van der Waals surface area contributed by atoms with Crippen molar-refractivity contribution in [3.63, 3.8) is 0 Å². The van der Waals surface area contributed by atoms with Crippen molar-refractivity contribution in [1.82, 2.24) is 19.8 Å². The Morgan fingerprint density at radius 2 is 2.44 bits per heavy atom. The molecule has 0 amide bonds. The summed E-state index contributed by atoms with van der Waals surface area (Å²) in [6.07, 6.45) is 3.45. The Labute approximate surface area is 112 Å². The highest BCUT2D eigenvalue weighted by atomic mass is 35.5. The Kier molecular flexibility index (Phi) is 4.26. The normalized spacial score (nSPS) is 21.1. The number of hydrogen-bond acceptors (Lipinski definition) is 4. The van der Waals surface area contributed by atoms with Crippen LogP contribution in [0.25, 0.3) is 0 Å². The lowest BCUT2D eigenvalue weighted by atomic mass is 10.0. The topological polar surface area (TPSA) is 76.0 Å². The van der Waals surface area contributed by atoms with Crippen LogP contribution in [-0.2, 0) is 17.1 Å². The van der Waals surface area contributed by atoms with Crippen molar-refractivity contribution >= 4 is 21.6 Å². The summed E-state index contributed by atoms with van der Waals surface area (Å²) >= 11 is 5.84. The van der Waals surface area contributed by atoms with E-state index < -0.39 is 10.0 Å². The van der Waals surface area contributed by atoms with Gasteiger partial charge in [0.15, 0.2) is 5.03 Å². The molecule has 0 bridgehead atoms. The van der Waals surface area contributed by atoms with E-state index in [0.29, 0.717) is 12.5 Å². The van der Waals surface area contributed by atoms with Crippen LogP contribution in [0.2, 0.25) is 5.02 Å². The molecule has 0 saturated carbocycles. The first-order valence-corrected chi connectivity index (χ1v) is 7.74. The van der Waals surface area contributed by atoms with E-state index in [1.54, 1.807) is 7.05 Å². The Morgan fingerprint density at radius 1 is 1.67 bits per heavy atom. The summed E-state index contributed by atoms with van der Waals surface area (Å²) in [4.78, 5) is 0. The number of piperidine rings is 1. The summed E-state index contributed by atoms with van der Waals surface area (Å²) in [5.41, 5.74) is 0. The predicted octanol–water partition coefficient (Wildman–Crippen LogP) is 0.351. The van der Waals surface area contributed by atoms with Crippen LogP contribution in [-0.4, -0.2) is 37.8 Å². The summed E-state index contributed by atoms with van der Waals surface area (Å²) in [6, 6.07) is 0. The molecule has 0 aromatic carbocycles. The van der Waals surface area contributed by atoms with Crippen LogP contribution in [0.15, 0.2) is 11.2 Å². The first kappa shape index (κ1) is 13.8. The quantitative estimate of drug-likeness (QED) is 0.840. The van der Waals surface area contributed by atoms with Gasteiger partial charge < -0.3 is 5.32 Å². The lowest BCUT2D eigenvalue weighted by molar-refractivity contribution is 0.375. The highest BCUT2D eigenvalue weighted by molar-refractivity contribution is 7.89. The molecule has 1 aromatic heterocycles. The van der Waals surface area contributed by atoms with Gasteiger partial charge in [-0.3, -0.25) is 4.68 Å². The maximum absolute atomic E-state index is 12.1. The SMILES string of the molecule is Cn1ncc(Cl)c1S(=O)(=O)NCC1CCCNC1. The number of aromatic nitrogens is 2. The molecule has 1 aromatic rings. The molecule has 1 fully saturated rings. The van der Waals surface area contributed by atoms with Gasteiger partial charge in [0.2, 0.25) is 0 Å². The highest BCUT2D eigenvalue weighted by Crippen LogP contribution is 2.20. The molecular weight excluding hydrogens is 276 g/mol. The van der Waals surface area contributed by atoms with Gasteiger partial charge in [-0.05, 0) is 31.8 Å². The Balaban J connectivity index is 2.03. The summed E-state index contributed by atoms with van der Waals surface area (Å²) in [6.45, 7) is 2.29. The fourth-order valence-electron chi connectivity index (χ4n) is 2.10. The van der Waals surface area contributed by atoms with Gasteiger partial charge in [-0.25, -0.2) is 13.1 Å². The maximum atomic E-state index is 12.1. The summed E-state index contributed by atoms with van der Waals surface area (Å²) in [5, 5.41) is 7.25. The largest absolute Gasteiger partial charge is 0.316 e. The molecule has 0 radical (unpaired) electrons. The molecule has 1 unspecified atom stereocenters. The van der Waals surface area contributed by atoms with Crippen LogP contribution in [0.3, 0.4) is 0 Å². The van der Waals surface area contributed by atoms with E-state index in [1.807, 2.05) is 0 Å². The van der Waals surface area contributed by atoms with Gasteiger partial charge in [0.05, 0.1) is 11.2 Å². The molecule has 1 aliphatic rings. The van der Waals surface area contributed by atoms with E-state index in [-0.39, 0.29) is 10.0 Å². The molecule has 1 saturated heterocycles. The molecule has 0 spiro atoms. The predicted molar refractivity (Wildman–Crippen MR) is 69.0 cm³/mol. The van der Waals surface area contributed by atoms with E-state index >= 15 is 0 Å². The Hall–Kier alpha value is -0.630. The highest BCUT2D eigenvalue weighted by Gasteiger charge is 2.24. The van der Waals surface area contributed by atoms with E-state index in [0.717, 1.165) is 25.9 Å².